The van der Waals surface area contributed by atoms with Crippen LogP contribution in [0.15, 0.2) is 12.3 Å². The number of nitrogens with zero attached hydrogens (tertiary/aromatic N) is 3. The molecule has 0 radical (unpaired) electrons. The van der Waals surface area contributed by atoms with Crippen LogP contribution in [0.2, 0.25) is 5.28 Å². The first-order valence-corrected chi connectivity index (χ1v) is 12.8. The van der Waals surface area contributed by atoms with Crippen LogP contribution in [0.4, 0.5) is 5.82 Å². The molecular formula is C15H22ClN4O8PS. The molecule has 1 aliphatic heterocycles. The van der Waals surface area contributed by atoms with Crippen molar-refractivity contribution in [2.45, 2.75) is 44.4 Å². The molecule has 0 spiro atoms. The van der Waals surface area contributed by atoms with Gasteiger partial charge < -0.3 is 34.6 Å². The van der Waals surface area contributed by atoms with Crippen LogP contribution < -0.4 is 5.32 Å². The van der Waals surface area contributed by atoms with Gasteiger partial charge in [0.2, 0.25) is 5.28 Å². The fourth-order valence-corrected chi connectivity index (χ4v) is 6.66. The lowest BCUT2D eigenvalue weighted by atomic mass is 10.1. The maximum absolute atomic E-state index is 12.0. The van der Waals surface area contributed by atoms with Crippen LogP contribution in [-0.4, -0.2) is 78.6 Å². The van der Waals surface area contributed by atoms with E-state index >= 15 is 0 Å². The van der Waals surface area contributed by atoms with Crippen LogP contribution in [0.25, 0.3) is 11.0 Å². The van der Waals surface area contributed by atoms with Crippen molar-refractivity contribution in [1.29, 1.82) is 0 Å². The summed E-state index contributed by atoms with van der Waals surface area (Å²) in [6.07, 6.45) is -4.21. The summed E-state index contributed by atoms with van der Waals surface area (Å²) in [6.45, 7) is 3.81. The minimum atomic E-state index is -4.83. The number of fused-ring (bicyclic) bond motifs is 1. The van der Waals surface area contributed by atoms with Crippen molar-refractivity contribution in [2.75, 3.05) is 16.6 Å². The van der Waals surface area contributed by atoms with Crippen LogP contribution in [-0.2, 0) is 19.1 Å². The Morgan fingerprint density at radius 3 is 2.57 bits per heavy atom. The van der Waals surface area contributed by atoms with E-state index in [4.69, 9.17) is 26.1 Å². The summed E-state index contributed by atoms with van der Waals surface area (Å²) in [4.78, 5) is 26.1. The number of aliphatic hydroxyl groups is 2. The number of ether oxygens (including phenoxy) is 1. The first-order valence-electron chi connectivity index (χ1n) is 8.84. The molecule has 5 N–H and O–H groups in total. The molecule has 1 saturated heterocycles. The third kappa shape index (κ3) is 5.11. The van der Waals surface area contributed by atoms with Crippen molar-refractivity contribution < 1.29 is 37.7 Å². The zero-order valence-corrected chi connectivity index (χ0v) is 18.4. The second-order valence-corrected chi connectivity index (χ2v) is 11.9. The van der Waals surface area contributed by atoms with Crippen LogP contribution in [0, 0.1) is 0 Å². The van der Waals surface area contributed by atoms with Crippen molar-refractivity contribution in [3.8, 4) is 0 Å². The molecule has 0 unspecified atom stereocenters. The van der Waals surface area contributed by atoms with E-state index in [0.717, 1.165) is 0 Å². The second kappa shape index (κ2) is 8.32. The van der Waals surface area contributed by atoms with Crippen molar-refractivity contribution in [2.24, 2.45) is 0 Å². The van der Waals surface area contributed by atoms with Crippen LogP contribution in [0.1, 0.15) is 20.1 Å². The predicted octanol–water partition coefficient (Wildman–Crippen LogP) is 0.0742. The van der Waals surface area contributed by atoms with E-state index in [1.807, 2.05) is 13.8 Å². The molecule has 1 aliphatic rings. The maximum atomic E-state index is 12.0. The number of aliphatic hydroxyl groups excluding tert-OH is 2. The van der Waals surface area contributed by atoms with Gasteiger partial charge in [-0.1, -0.05) is 0 Å². The Hall–Kier alpha value is -1.31. The summed E-state index contributed by atoms with van der Waals surface area (Å²) in [7, 11) is -9.10. The number of nitrogens with one attached hydrogen (secondary N) is 1. The number of hydrogen-bond acceptors (Lipinski definition) is 9. The molecule has 0 bridgehead atoms. The minimum Gasteiger partial charge on any atom is -0.387 e. The Bertz CT molecular complexity index is 1090. The summed E-state index contributed by atoms with van der Waals surface area (Å²) >= 11 is 6.00. The van der Waals surface area contributed by atoms with Gasteiger partial charge in [-0.3, -0.25) is 4.57 Å². The van der Waals surface area contributed by atoms with Crippen molar-refractivity contribution in [3.63, 3.8) is 0 Å². The number of anilines is 1. The van der Waals surface area contributed by atoms with Gasteiger partial charge in [0, 0.05) is 12.2 Å². The fourth-order valence-electron chi connectivity index (χ4n) is 3.25. The summed E-state index contributed by atoms with van der Waals surface area (Å²) in [5, 5.41) is 24.3. The molecule has 2 aromatic rings. The summed E-state index contributed by atoms with van der Waals surface area (Å²) < 4.78 is 42.0. The number of aromatic nitrogens is 3. The van der Waals surface area contributed by atoms with Crippen molar-refractivity contribution >= 4 is 45.9 Å². The van der Waals surface area contributed by atoms with E-state index in [2.05, 4.69) is 15.3 Å². The first-order chi connectivity index (χ1) is 13.8. The van der Waals surface area contributed by atoms with E-state index in [1.165, 1.54) is 10.8 Å². The molecule has 3 rings (SSSR count). The van der Waals surface area contributed by atoms with Gasteiger partial charge in [-0.2, -0.15) is 4.98 Å². The highest BCUT2D eigenvalue weighted by molar-refractivity contribution is 7.97. The van der Waals surface area contributed by atoms with Gasteiger partial charge in [0.25, 0.3) is 0 Å². The zero-order chi connectivity index (χ0) is 22.4. The highest BCUT2D eigenvalue weighted by Gasteiger charge is 2.46. The lowest BCUT2D eigenvalue weighted by Crippen LogP contribution is -2.35. The maximum Gasteiger partial charge on any atom is 0.340 e. The predicted molar refractivity (Wildman–Crippen MR) is 108 cm³/mol. The van der Waals surface area contributed by atoms with Crippen LogP contribution in [0.5, 0.6) is 0 Å². The largest absolute Gasteiger partial charge is 0.387 e. The van der Waals surface area contributed by atoms with E-state index < -0.39 is 53.2 Å². The van der Waals surface area contributed by atoms with Gasteiger partial charge in [0.1, 0.15) is 29.8 Å². The Labute approximate surface area is 176 Å². The summed E-state index contributed by atoms with van der Waals surface area (Å²) in [5.41, 5.74) is -1.10. The Morgan fingerprint density at radius 2 is 1.97 bits per heavy atom. The number of halogens is 1. The van der Waals surface area contributed by atoms with Crippen molar-refractivity contribution in [1.82, 2.24) is 14.5 Å². The molecule has 1 fully saturated rings. The summed E-state index contributed by atoms with van der Waals surface area (Å²) in [6, 6.07) is 1.69. The number of rotatable bonds is 7. The molecule has 0 saturated carbocycles. The standard InChI is InChI=1S/C15H22ClN4O8PS/c1-7(2)17-12-8-3-4-20(13(8)19-15(16)18-12)14-11(22)10(21)9(28-14)5-30(26,27)6-29(23,24)25/h3-4,7,9-11,14,21-22H,5-6H2,1-2H3,(H,17,18,19)(H2,23,24,25)/t9-,10-,11-,14-/m1/s1. The van der Waals surface area contributed by atoms with Gasteiger partial charge >= 0.3 is 7.60 Å². The van der Waals surface area contributed by atoms with Crippen LogP contribution >= 0.6 is 19.2 Å². The Balaban J connectivity index is 1.91. The zero-order valence-electron chi connectivity index (χ0n) is 16.0. The first kappa shape index (κ1) is 23.4. The molecule has 0 aliphatic carbocycles. The van der Waals surface area contributed by atoms with Gasteiger partial charge in [-0.25, -0.2) is 13.4 Å². The molecule has 2 aromatic heterocycles. The normalized spacial score (nSPS) is 25.3. The molecule has 12 nitrogen and oxygen atoms in total. The summed E-state index contributed by atoms with van der Waals surface area (Å²) in [5.74, 6) is -0.422. The number of hydrogen-bond donors (Lipinski definition) is 5. The smallest absolute Gasteiger partial charge is 0.340 e. The average molecular weight is 485 g/mol. The molecule has 3 heterocycles. The highest BCUT2D eigenvalue weighted by Crippen LogP contribution is 2.38. The monoisotopic (exact) mass is 484 g/mol. The molecule has 30 heavy (non-hydrogen) atoms. The second-order valence-electron chi connectivity index (χ2n) is 7.35. The SMILES string of the molecule is CC(C)Nc1nc(Cl)nc2c1ccn2[C@@H]1O[C@H](CS(=O)(=O)CP(=O)(O)O)[C@@H](O)[C@H]1O. The highest BCUT2D eigenvalue weighted by atomic mass is 35.5. The van der Waals surface area contributed by atoms with Gasteiger partial charge in [-0.15, -0.1) is 0 Å². The van der Waals surface area contributed by atoms with E-state index in [9.17, 15) is 23.2 Å². The van der Waals surface area contributed by atoms with Gasteiger partial charge in [0.05, 0.1) is 11.1 Å². The molecule has 15 heteroatoms. The Morgan fingerprint density at radius 1 is 1.30 bits per heavy atom. The fraction of sp³-hybridized carbons (Fsp3) is 0.600. The quantitative estimate of drug-likeness (QED) is 0.264. The third-order valence-electron chi connectivity index (χ3n) is 4.36. The van der Waals surface area contributed by atoms with Crippen LogP contribution in [0.3, 0.4) is 0 Å². The lowest BCUT2D eigenvalue weighted by Gasteiger charge is -2.18. The Kier molecular flexibility index (Phi) is 6.48. The average Bonchev–Trinajstić information content (AvgIpc) is 3.08. The van der Waals surface area contributed by atoms with Gasteiger partial charge in [0.15, 0.2) is 21.6 Å². The molecule has 168 valence electrons. The minimum absolute atomic E-state index is 0.0428. The van der Waals surface area contributed by atoms with E-state index in [1.54, 1.807) is 6.07 Å². The molecular weight excluding hydrogens is 463 g/mol. The molecule has 4 atom stereocenters. The topological polar surface area (TPSA) is 184 Å². The molecule has 0 amide bonds. The van der Waals surface area contributed by atoms with E-state index in [-0.39, 0.29) is 17.0 Å². The van der Waals surface area contributed by atoms with E-state index in [0.29, 0.717) is 11.2 Å². The van der Waals surface area contributed by atoms with Crippen molar-refractivity contribution in [3.05, 3.63) is 17.5 Å². The third-order valence-corrected chi connectivity index (χ3v) is 8.29. The molecule has 0 aromatic carbocycles. The van der Waals surface area contributed by atoms with Gasteiger partial charge in [-0.05, 0) is 31.5 Å². The lowest BCUT2D eigenvalue weighted by molar-refractivity contribution is -0.0288. The number of sulfone groups is 1.